The molecule has 0 saturated carbocycles. The number of ether oxygens (including phenoxy) is 2. The summed E-state index contributed by atoms with van der Waals surface area (Å²) in [5, 5.41) is 11.0. The largest absolute Gasteiger partial charge is 0.493 e. The highest BCUT2D eigenvalue weighted by Crippen LogP contribution is 2.15. The van der Waals surface area contributed by atoms with Gasteiger partial charge in [0, 0.05) is 25.3 Å². The maximum atomic E-state index is 10.6. The quantitative estimate of drug-likeness (QED) is 0.606. The maximum Gasteiger partial charge on any atom is 0.409 e. The van der Waals surface area contributed by atoms with Crippen molar-refractivity contribution in [3.8, 4) is 5.75 Å². The number of amides is 1. The van der Waals surface area contributed by atoms with Crippen LogP contribution in [0.5, 0.6) is 5.75 Å². The third-order valence-corrected chi connectivity index (χ3v) is 3.92. The third kappa shape index (κ3) is 6.74. The Kier molecular flexibility index (Phi) is 7.92. The molecule has 6 heteroatoms. The van der Waals surface area contributed by atoms with Gasteiger partial charge in [0.1, 0.15) is 5.75 Å². The molecule has 0 heterocycles. The van der Waals surface area contributed by atoms with Crippen molar-refractivity contribution in [2.45, 2.75) is 25.9 Å². The zero-order valence-corrected chi connectivity index (χ0v) is 15.0. The summed E-state index contributed by atoms with van der Waals surface area (Å²) in [6, 6.07) is 15.2. The number of carboxylic acid groups (broad SMARTS) is 1. The van der Waals surface area contributed by atoms with Crippen LogP contribution in [0.1, 0.15) is 18.1 Å². The molecule has 1 amide bonds. The van der Waals surface area contributed by atoms with Gasteiger partial charge in [-0.25, -0.2) is 4.79 Å². The number of anilines is 1. The number of rotatable bonds is 10. The lowest BCUT2D eigenvalue weighted by Gasteiger charge is -2.15. The van der Waals surface area contributed by atoms with Gasteiger partial charge in [0.25, 0.3) is 0 Å². The highest BCUT2D eigenvalue weighted by Gasteiger charge is 2.07. The number of carbonyl (C=O) groups is 1. The molecule has 0 aliphatic carbocycles. The molecule has 0 saturated heterocycles. The van der Waals surface area contributed by atoms with Crippen LogP contribution in [0.25, 0.3) is 0 Å². The van der Waals surface area contributed by atoms with Crippen molar-refractivity contribution < 1.29 is 19.4 Å². The first kappa shape index (κ1) is 19.8. The minimum atomic E-state index is -1.07. The first-order valence-corrected chi connectivity index (χ1v) is 8.73. The Hall–Kier alpha value is -2.57. The van der Waals surface area contributed by atoms with Crippen LogP contribution in [0, 0.1) is 0 Å². The van der Waals surface area contributed by atoms with E-state index in [1.807, 2.05) is 43.3 Å². The lowest BCUT2D eigenvalue weighted by molar-refractivity contribution is 0.0694. The van der Waals surface area contributed by atoms with Crippen molar-refractivity contribution in [2.75, 3.05) is 25.1 Å². The molecule has 2 aromatic carbocycles. The van der Waals surface area contributed by atoms with Crippen molar-refractivity contribution >= 4 is 11.8 Å². The fourth-order valence-electron chi connectivity index (χ4n) is 2.60. The van der Waals surface area contributed by atoms with Crippen LogP contribution in [0.15, 0.2) is 48.5 Å². The predicted octanol–water partition coefficient (Wildman–Crippen LogP) is 3.30. The van der Waals surface area contributed by atoms with E-state index in [0.717, 1.165) is 24.2 Å². The smallest absolute Gasteiger partial charge is 0.409 e. The summed E-state index contributed by atoms with van der Waals surface area (Å²) in [6.07, 6.45) is 0.518. The topological polar surface area (TPSA) is 93.8 Å². The van der Waals surface area contributed by atoms with Gasteiger partial charge in [-0.1, -0.05) is 24.3 Å². The summed E-state index contributed by atoms with van der Waals surface area (Å²) in [5.41, 5.74) is 8.52. The van der Waals surface area contributed by atoms with Crippen molar-refractivity contribution in [2.24, 2.45) is 5.73 Å². The van der Waals surface area contributed by atoms with Crippen LogP contribution in [-0.2, 0) is 17.6 Å². The van der Waals surface area contributed by atoms with Gasteiger partial charge in [-0.05, 0) is 48.7 Å². The van der Waals surface area contributed by atoms with Gasteiger partial charge in [-0.2, -0.15) is 0 Å². The molecule has 26 heavy (non-hydrogen) atoms. The van der Waals surface area contributed by atoms with Gasteiger partial charge in [-0.15, -0.1) is 0 Å². The molecular formula is C20H26N2O4. The van der Waals surface area contributed by atoms with E-state index in [9.17, 15) is 4.79 Å². The van der Waals surface area contributed by atoms with Crippen molar-refractivity contribution in [3.63, 3.8) is 0 Å². The van der Waals surface area contributed by atoms with Gasteiger partial charge in [0.05, 0.1) is 12.7 Å². The predicted molar refractivity (Wildman–Crippen MR) is 102 cm³/mol. The Morgan fingerprint density at radius 3 is 2.35 bits per heavy atom. The Bertz CT molecular complexity index is 671. The molecule has 2 rings (SSSR count). The highest BCUT2D eigenvalue weighted by molar-refractivity contribution is 5.82. The number of hydrogen-bond acceptors (Lipinski definition) is 4. The summed E-state index contributed by atoms with van der Waals surface area (Å²) in [4.78, 5) is 10.6. The van der Waals surface area contributed by atoms with Crippen LogP contribution >= 0.6 is 0 Å². The lowest BCUT2D eigenvalue weighted by Crippen LogP contribution is -2.26. The molecule has 0 aliphatic rings. The monoisotopic (exact) mass is 358 g/mol. The second-order valence-corrected chi connectivity index (χ2v) is 5.89. The van der Waals surface area contributed by atoms with E-state index in [1.54, 1.807) is 12.1 Å². The van der Waals surface area contributed by atoms with Gasteiger partial charge < -0.3 is 20.3 Å². The molecule has 4 N–H and O–H groups in total. The van der Waals surface area contributed by atoms with E-state index in [0.29, 0.717) is 25.4 Å². The van der Waals surface area contributed by atoms with E-state index in [2.05, 4.69) is 5.32 Å². The molecule has 0 fully saturated rings. The summed E-state index contributed by atoms with van der Waals surface area (Å²) >= 11 is 0. The van der Waals surface area contributed by atoms with Gasteiger partial charge in [0.15, 0.2) is 0 Å². The number of benzene rings is 2. The average molecular weight is 358 g/mol. The third-order valence-electron chi connectivity index (χ3n) is 3.92. The summed E-state index contributed by atoms with van der Waals surface area (Å²) in [5.74, 6) is 0.818. The Morgan fingerprint density at radius 1 is 1.12 bits per heavy atom. The summed E-state index contributed by atoms with van der Waals surface area (Å²) in [7, 11) is 0. The normalized spacial score (nSPS) is 11.8. The summed E-state index contributed by atoms with van der Waals surface area (Å²) < 4.78 is 11.3. The number of nitrogens with one attached hydrogen (secondary N) is 1. The van der Waals surface area contributed by atoms with Crippen LogP contribution in [0.2, 0.25) is 0 Å². The lowest BCUT2D eigenvalue weighted by atomic mass is 10.1. The fraction of sp³-hybridized carbons (Fsp3) is 0.350. The first-order chi connectivity index (χ1) is 12.6. The molecule has 1 atom stereocenters. The van der Waals surface area contributed by atoms with E-state index in [1.165, 1.54) is 5.56 Å². The molecular weight excluding hydrogens is 332 g/mol. The van der Waals surface area contributed by atoms with E-state index in [4.69, 9.17) is 20.3 Å². The van der Waals surface area contributed by atoms with Crippen LogP contribution < -0.4 is 15.8 Å². The molecule has 0 radical (unpaired) electrons. The number of hydrogen-bond donors (Lipinski definition) is 3. The maximum absolute atomic E-state index is 10.6. The Morgan fingerprint density at radius 2 is 1.77 bits per heavy atom. The van der Waals surface area contributed by atoms with Crippen LogP contribution in [0.3, 0.4) is 0 Å². The Labute approximate surface area is 153 Å². The number of nitrogens with two attached hydrogens (primary N) is 1. The minimum Gasteiger partial charge on any atom is -0.493 e. The fourth-order valence-corrected chi connectivity index (χ4v) is 2.60. The van der Waals surface area contributed by atoms with Crippen molar-refractivity contribution in [3.05, 3.63) is 59.7 Å². The van der Waals surface area contributed by atoms with Gasteiger partial charge in [0.2, 0.25) is 0 Å². The second kappa shape index (κ2) is 10.4. The molecule has 0 unspecified atom stereocenters. The van der Waals surface area contributed by atoms with Crippen LogP contribution in [0.4, 0.5) is 10.5 Å². The van der Waals surface area contributed by atoms with Gasteiger partial charge >= 0.3 is 6.09 Å². The van der Waals surface area contributed by atoms with Gasteiger partial charge in [-0.3, -0.25) is 5.32 Å². The SMILES string of the molecule is CCO[C@H](CN)Cc1ccc(OCCc2ccc(NC(=O)O)cc2)cc1. The van der Waals surface area contributed by atoms with Crippen LogP contribution in [-0.4, -0.2) is 37.1 Å². The zero-order chi connectivity index (χ0) is 18.8. The second-order valence-electron chi connectivity index (χ2n) is 5.89. The molecule has 0 bridgehead atoms. The molecule has 140 valence electrons. The molecule has 6 nitrogen and oxygen atoms in total. The highest BCUT2D eigenvalue weighted by atomic mass is 16.5. The zero-order valence-electron chi connectivity index (χ0n) is 15.0. The summed E-state index contributed by atoms with van der Waals surface area (Å²) in [6.45, 7) is 3.69. The van der Waals surface area contributed by atoms with E-state index >= 15 is 0 Å². The molecule has 0 aliphatic heterocycles. The molecule has 0 aromatic heterocycles. The van der Waals surface area contributed by atoms with E-state index in [-0.39, 0.29) is 6.10 Å². The first-order valence-electron chi connectivity index (χ1n) is 8.73. The van der Waals surface area contributed by atoms with E-state index < -0.39 is 6.09 Å². The average Bonchev–Trinajstić information content (AvgIpc) is 2.64. The minimum absolute atomic E-state index is 0.0466. The molecule has 2 aromatic rings. The standard InChI is InChI=1S/C20H26N2O4/c1-2-25-19(14-21)13-16-5-9-18(10-6-16)26-12-11-15-3-7-17(8-4-15)22-20(23)24/h3-10,19,22H,2,11-14,21H2,1H3,(H,23,24)/t19-/m0/s1. The Balaban J connectivity index is 1.78. The molecule has 0 spiro atoms. The van der Waals surface area contributed by atoms with Crippen molar-refractivity contribution in [1.29, 1.82) is 0 Å². The van der Waals surface area contributed by atoms with Crippen molar-refractivity contribution in [1.82, 2.24) is 0 Å².